The van der Waals surface area contributed by atoms with Crippen molar-refractivity contribution < 1.29 is 17.6 Å². The van der Waals surface area contributed by atoms with Gasteiger partial charge in [0.15, 0.2) is 0 Å². The van der Waals surface area contributed by atoms with Gasteiger partial charge in [0.05, 0.1) is 11.4 Å². The SMILES string of the molecule is CCN(CC)CCNC(=O)CN(C)S(=O)(=O)c1ccc(F)cc1. The second-order valence-corrected chi connectivity index (χ2v) is 7.14. The zero-order valence-corrected chi connectivity index (χ0v) is 14.6. The first kappa shape index (κ1) is 19.5. The molecule has 0 aliphatic rings. The molecular formula is C15H24FN3O3S. The summed E-state index contributed by atoms with van der Waals surface area (Å²) >= 11 is 0. The minimum absolute atomic E-state index is 0.0441. The summed E-state index contributed by atoms with van der Waals surface area (Å²) in [6.07, 6.45) is 0. The molecule has 1 aromatic carbocycles. The van der Waals surface area contributed by atoms with E-state index in [1.54, 1.807) is 0 Å². The van der Waals surface area contributed by atoms with Crippen LogP contribution >= 0.6 is 0 Å². The molecule has 6 nitrogen and oxygen atoms in total. The maximum Gasteiger partial charge on any atom is 0.243 e. The van der Waals surface area contributed by atoms with E-state index < -0.39 is 15.8 Å². The van der Waals surface area contributed by atoms with Gasteiger partial charge in [-0.05, 0) is 37.4 Å². The van der Waals surface area contributed by atoms with Gasteiger partial charge in [-0.15, -0.1) is 0 Å². The molecule has 0 aromatic heterocycles. The number of carbonyl (C=O) groups excluding carboxylic acids is 1. The highest BCUT2D eigenvalue weighted by molar-refractivity contribution is 7.89. The van der Waals surface area contributed by atoms with Gasteiger partial charge in [-0.25, -0.2) is 12.8 Å². The highest BCUT2D eigenvalue weighted by atomic mass is 32.2. The minimum Gasteiger partial charge on any atom is -0.354 e. The lowest BCUT2D eigenvalue weighted by atomic mass is 10.4. The molecule has 0 saturated carbocycles. The Morgan fingerprint density at radius 2 is 1.74 bits per heavy atom. The normalized spacial score (nSPS) is 11.9. The van der Waals surface area contributed by atoms with Gasteiger partial charge in [0, 0.05) is 20.1 Å². The van der Waals surface area contributed by atoms with Crippen LogP contribution in [0.1, 0.15) is 13.8 Å². The highest BCUT2D eigenvalue weighted by Crippen LogP contribution is 2.14. The van der Waals surface area contributed by atoms with Crippen molar-refractivity contribution >= 4 is 15.9 Å². The fourth-order valence-electron chi connectivity index (χ4n) is 2.02. The van der Waals surface area contributed by atoms with Crippen molar-refractivity contribution in [2.24, 2.45) is 0 Å². The number of nitrogens with zero attached hydrogens (tertiary/aromatic N) is 2. The predicted octanol–water partition coefficient (Wildman–Crippen LogP) is 0.904. The Balaban J connectivity index is 2.55. The topological polar surface area (TPSA) is 69.7 Å². The first-order valence-corrected chi connectivity index (χ1v) is 8.96. The van der Waals surface area contributed by atoms with Crippen molar-refractivity contribution in [1.82, 2.24) is 14.5 Å². The number of sulfonamides is 1. The third-order valence-electron chi connectivity index (χ3n) is 3.53. The predicted molar refractivity (Wildman–Crippen MR) is 87.0 cm³/mol. The lowest BCUT2D eigenvalue weighted by Gasteiger charge is -2.19. The van der Waals surface area contributed by atoms with E-state index in [0.29, 0.717) is 13.1 Å². The first-order chi connectivity index (χ1) is 10.8. The molecule has 1 amide bonds. The maximum atomic E-state index is 12.9. The van der Waals surface area contributed by atoms with Crippen LogP contribution in [0, 0.1) is 5.82 Å². The molecule has 0 fully saturated rings. The molecule has 0 bridgehead atoms. The number of halogens is 1. The van der Waals surface area contributed by atoms with Gasteiger partial charge in [-0.1, -0.05) is 13.8 Å². The fourth-order valence-corrected chi connectivity index (χ4v) is 3.15. The molecule has 0 atom stereocenters. The van der Waals surface area contributed by atoms with E-state index in [1.165, 1.54) is 19.2 Å². The Morgan fingerprint density at radius 3 is 2.26 bits per heavy atom. The molecule has 0 radical (unpaired) electrons. The van der Waals surface area contributed by atoms with E-state index >= 15 is 0 Å². The van der Waals surface area contributed by atoms with Crippen molar-refractivity contribution in [3.8, 4) is 0 Å². The van der Waals surface area contributed by atoms with Gasteiger partial charge < -0.3 is 10.2 Å². The zero-order valence-electron chi connectivity index (χ0n) is 13.8. The van der Waals surface area contributed by atoms with Gasteiger partial charge in [0.2, 0.25) is 15.9 Å². The summed E-state index contributed by atoms with van der Waals surface area (Å²) in [5.74, 6) is -0.883. The standard InChI is InChI=1S/C15H24FN3O3S/c1-4-19(5-2)11-10-17-15(20)12-18(3)23(21,22)14-8-6-13(16)7-9-14/h6-9H,4-5,10-12H2,1-3H3,(H,17,20). The Morgan fingerprint density at radius 1 is 1.17 bits per heavy atom. The molecule has 0 heterocycles. The van der Waals surface area contributed by atoms with E-state index in [4.69, 9.17) is 0 Å². The zero-order chi connectivity index (χ0) is 17.5. The second-order valence-electron chi connectivity index (χ2n) is 5.09. The van der Waals surface area contributed by atoms with Gasteiger partial charge in [-0.3, -0.25) is 4.79 Å². The van der Waals surface area contributed by atoms with Gasteiger partial charge >= 0.3 is 0 Å². The summed E-state index contributed by atoms with van der Waals surface area (Å²) in [5.41, 5.74) is 0. The smallest absolute Gasteiger partial charge is 0.243 e. The fraction of sp³-hybridized carbons (Fsp3) is 0.533. The minimum atomic E-state index is -3.81. The average molecular weight is 345 g/mol. The highest BCUT2D eigenvalue weighted by Gasteiger charge is 2.22. The average Bonchev–Trinajstić information content (AvgIpc) is 2.52. The number of benzene rings is 1. The van der Waals surface area contributed by atoms with Crippen LogP contribution < -0.4 is 5.32 Å². The van der Waals surface area contributed by atoms with Gasteiger partial charge in [0.1, 0.15) is 5.82 Å². The molecule has 0 unspecified atom stereocenters. The molecule has 130 valence electrons. The third kappa shape index (κ3) is 5.89. The van der Waals surface area contributed by atoms with Crippen molar-refractivity contribution in [2.75, 3.05) is 39.8 Å². The Bertz CT molecular complexity index is 601. The number of rotatable bonds is 9. The molecule has 0 aliphatic carbocycles. The monoisotopic (exact) mass is 345 g/mol. The molecular weight excluding hydrogens is 321 g/mol. The van der Waals surface area contributed by atoms with E-state index in [9.17, 15) is 17.6 Å². The summed E-state index contributed by atoms with van der Waals surface area (Å²) in [6, 6.07) is 4.51. The molecule has 0 spiro atoms. The third-order valence-corrected chi connectivity index (χ3v) is 5.35. The van der Waals surface area contributed by atoms with Crippen LogP contribution in [0.5, 0.6) is 0 Å². The van der Waals surface area contributed by atoms with Gasteiger partial charge in [-0.2, -0.15) is 4.31 Å². The van der Waals surface area contributed by atoms with Crippen LogP contribution in [-0.4, -0.2) is 63.3 Å². The van der Waals surface area contributed by atoms with Crippen LogP contribution in [0.25, 0.3) is 0 Å². The molecule has 8 heteroatoms. The van der Waals surface area contributed by atoms with E-state index in [0.717, 1.165) is 29.5 Å². The Hall–Kier alpha value is -1.51. The molecule has 1 aromatic rings. The number of hydrogen-bond acceptors (Lipinski definition) is 4. The van der Waals surface area contributed by atoms with Crippen LogP contribution in [0.15, 0.2) is 29.2 Å². The molecule has 23 heavy (non-hydrogen) atoms. The summed E-state index contributed by atoms with van der Waals surface area (Å²) in [7, 11) is -2.48. The first-order valence-electron chi connectivity index (χ1n) is 7.52. The van der Waals surface area contributed by atoms with Crippen LogP contribution in [0.2, 0.25) is 0 Å². The number of nitrogens with one attached hydrogen (secondary N) is 1. The van der Waals surface area contributed by atoms with E-state index in [2.05, 4.69) is 10.2 Å². The van der Waals surface area contributed by atoms with Crippen molar-refractivity contribution in [3.05, 3.63) is 30.1 Å². The van der Waals surface area contributed by atoms with Crippen LogP contribution in [0.3, 0.4) is 0 Å². The van der Waals surface area contributed by atoms with Gasteiger partial charge in [0.25, 0.3) is 0 Å². The second kappa shape index (κ2) is 8.95. The Labute approximate surface area is 137 Å². The van der Waals surface area contributed by atoms with Crippen molar-refractivity contribution in [2.45, 2.75) is 18.7 Å². The van der Waals surface area contributed by atoms with Crippen molar-refractivity contribution in [3.63, 3.8) is 0 Å². The summed E-state index contributed by atoms with van der Waals surface area (Å²) in [5, 5.41) is 2.70. The summed E-state index contributed by atoms with van der Waals surface area (Å²) in [4.78, 5) is 14.0. The lowest BCUT2D eigenvalue weighted by molar-refractivity contribution is -0.121. The molecule has 0 saturated heterocycles. The summed E-state index contributed by atoms with van der Waals surface area (Å²) in [6.45, 7) is 6.76. The number of amides is 1. The largest absolute Gasteiger partial charge is 0.354 e. The molecule has 0 aliphatic heterocycles. The van der Waals surface area contributed by atoms with Crippen LogP contribution in [-0.2, 0) is 14.8 Å². The number of likely N-dealkylation sites (N-methyl/N-ethyl adjacent to an activating group) is 2. The van der Waals surface area contributed by atoms with E-state index in [-0.39, 0.29) is 17.3 Å². The molecule has 1 rings (SSSR count). The quantitative estimate of drug-likeness (QED) is 0.722. The summed E-state index contributed by atoms with van der Waals surface area (Å²) < 4.78 is 38.4. The van der Waals surface area contributed by atoms with Crippen molar-refractivity contribution in [1.29, 1.82) is 0 Å². The lowest BCUT2D eigenvalue weighted by Crippen LogP contribution is -2.41. The number of hydrogen-bond donors (Lipinski definition) is 1. The van der Waals surface area contributed by atoms with Crippen LogP contribution in [0.4, 0.5) is 4.39 Å². The molecule has 1 N–H and O–H groups in total. The number of carbonyl (C=O) groups is 1. The maximum absolute atomic E-state index is 12.9. The Kier molecular flexibility index (Phi) is 7.60. The van der Waals surface area contributed by atoms with E-state index in [1.807, 2.05) is 13.8 Å².